The molecule has 9 heteroatoms. The average Bonchev–Trinajstić information content (AvgIpc) is 3.17. The van der Waals surface area contributed by atoms with E-state index in [4.69, 9.17) is 4.74 Å². The number of hydrogen-bond acceptors (Lipinski definition) is 6. The van der Waals surface area contributed by atoms with Gasteiger partial charge in [-0.2, -0.15) is 0 Å². The molecular weight excluding hydrogens is 440 g/mol. The predicted octanol–water partition coefficient (Wildman–Crippen LogP) is 3.71. The molecule has 0 spiro atoms. The number of para-hydroxylation sites is 1. The third kappa shape index (κ3) is 6.98. The first kappa shape index (κ1) is 25.1. The fourth-order valence-electron chi connectivity index (χ4n) is 3.69. The maximum atomic E-state index is 12.6. The monoisotopic (exact) mass is 474 g/mol. The minimum absolute atomic E-state index is 0.0786. The van der Waals surface area contributed by atoms with E-state index in [1.54, 1.807) is 23.4 Å². The van der Waals surface area contributed by atoms with E-state index in [2.05, 4.69) is 16.9 Å². The number of H-pyrrole nitrogens is 1. The minimum Gasteiger partial charge on any atom is -0.491 e. The first-order valence-electron chi connectivity index (χ1n) is 11.7. The Morgan fingerprint density at radius 3 is 2.52 bits per heavy atom. The van der Waals surface area contributed by atoms with E-state index in [-0.39, 0.29) is 18.7 Å². The lowest BCUT2D eigenvalue weighted by Crippen LogP contribution is -2.30. The zero-order chi connectivity index (χ0) is 23.6. The Labute approximate surface area is 198 Å². The Balaban J connectivity index is 1.70. The summed E-state index contributed by atoms with van der Waals surface area (Å²) in [5.74, 6) is 1.53. The van der Waals surface area contributed by atoms with Gasteiger partial charge in [0.25, 0.3) is 5.56 Å². The number of unbranched alkanes of at least 4 members (excludes halogenated alkanes) is 6. The highest BCUT2D eigenvalue weighted by molar-refractivity contribution is 7.99. The van der Waals surface area contributed by atoms with Gasteiger partial charge in [0.2, 0.25) is 0 Å². The standard InChI is InChI=1S/C24H34N4O4S/c1-3-4-5-6-7-8-12-15-33-24-25-21-20(22(30)26-23(31)27(21)2)28(24)16-18(29)17-32-19-13-10-9-11-14-19/h9-11,13-14,18,29H,3-8,12,15-17H2,1-2H3,(H,26,30,31). The molecule has 0 fully saturated rings. The summed E-state index contributed by atoms with van der Waals surface area (Å²) in [5.41, 5.74) is -0.395. The van der Waals surface area contributed by atoms with Crippen LogP contribution in [0.1, 0.15) is 51.9 Å². The Morgan fingerprint density at radius 1 is 1.09 bits per heavy atom. The molecule has 8 nitrogen and oxygen atoms in total. The first-order valence-corrected chi connectivity index (χ1v) is 12.7. The highest BCUT2D eigenvalue weighted by atomic mass is 32.2. The molecule has 0 amide bonds. The largest absolute Gasteiger partial charge is 0.491 e. The zero-order valence-electron chi connectivity index (χ0n) is 19.5. The molecule has 2 N–H and O–H groups in total. The van der Waals surface area contributed by atoms with Crippen LogP contribution in [-0.4, -0.2) is 42.7 Å². The molecule has 0 aliphatic rings. The molecule has 1 atom stereocenters. The number of benzene rings is 1. The van der Waals surface area contributed by atoms with Gasteiger partial charge in [-0.25, -0.2) is 9.78 Å². The molecule has 2 aromatic heterocycles. The van der Waals surface area contributed by atoms with Crippen molar-refractivity contribution in [1.29, 1.82) is 0 Å². The van der Waals surface area contributed by atoms with Gasteiger partial charge >= 0.3 is 5.69 Å². The zero-order valence-corrected chi connectivity index (χ0v) is 20.3. The third-order valence-corrected chi connectivity index (χ3v) is 6.59. The van der Waals surface area contributed by atoms with Crippen LogP contribution in [0.5, 0.6) is 5.75 Å². The van der Waals surface area contributed by atoms with E-state index in [1.807, 2.05) is 30.3 Å². The smallest absolute Gasteiger partial charge is 0.329 e. The van der Waals surface area contributed by atoms with Gasteiger partial charge in [-0.05, 0) is 18.6 Å². The number of nitrogens with one attached hydrogen (secondary N) is 1. The number of rotatable bonds is 14. The van der Waals surface area contributed by atoms with Gasteiger partial charge in [0.05, 0.1) is 6.54 Å². The summed E-state index contributed by atoms with van der Waals surface area (Å²) in [6.45, 7) is 2.44. The van der Waals surface area contributed by atoms with Crippen molar-refractivity contribution >= 4 is 22.9 Å². The van der Waals surface area contributed by atoms with Gasteiger partial charge in [-0.15, -0.1) is 0 Å². The quantitative estimate of drug-likeness (QED) is 0.273. The molecule has 0 saturated heterocycles. The number of aryl methyl sites for hydroxylation is 1. The summed E-state index contributed by atoms with van der Waals surface area (Å²) in [7, 11) is 1.58. The van der Waals surface area contributed by atoms with Gasteiger partial charge in [0.15, 0.2) is 16.3 Å². The molecule has 0 aliphatic heterocycles. The maximum Gasteiger partial charge on any atom is 0.329 e. The van der Waals surface area contributed by atoms with Gasteiger partial charge in [0.1, 0.15) is 18.5 Å². The molecule has 0 aliphatic carbocycles. The van der Waals surface area contributed by atoms with E-state index < -0.39 is 17.4 Å². The first-order chi connectivity index (χ1) is 16.0. The summed E-state index contributed by atoms with van der Waals surface area (Å²) in [4.78, 5) is 31.6. The van der Waals surface area contributed by atoms with E-state index in [0.717, 1.165) is 18.6 Å². The van der Waals surface area contributed by atoms with Crippen molar-refractivity contribution in [1.82, 2.24) is 19.1 Å². The molecule has 3 aromatic rings. The predicted molar refractivity (Wildman–Crippen MR) is 132 cm³/mol. The van der Waals surface area contributed by atoms with Gasteiger partial charge in [0, 0.05) is 12.8 Å². The fourth-order valence-corrected chi connectivity index (χ4v) is 4.69. The van der Waals surface area contributed by atoms with Crippen LogP contribution in [0.3, 0.4) is 0 Å². The fraction of sp³-hybridized carbons (Fsp3) is 0.542. The Bertz CT molecular complexity index is 1120. The molecule has 2 heterocycles. The number of imidazole rings is 1. The number of hydrogen-bond donors (Lipinski definition) is 2. The molecule has 0 saturated carbocycles. The van der Waals surface area contributed by atoms with E-state index in [9.17, 15) is 14.7 Å². The highest BCUT2D eigenvalue weighted by Crippen LogP contribution is 2.23. The Hall–Kier alpha value is -2.52. The molecular formula is C24H34N4O4S. The number of aromatic amines is 1. The molecule has 1 unspecified atom stereocenters. The second kappa shape index (κ2) is 12.6. The molecule has 1 aromatic carbocycles. The minimum atomic E-state index is -0.850. The summed E-state index contributed by atoms with van der Waals surface area (Å²) < 4.78 is 8.70. The summed E-state index contributed by atoms with van der Waals surface area (Å²) in [5, 5.41) is 11.3. The number of nitrogens with zero attached hydrogens (tertiary/aromatic N) is 3. The van der Waals surface area contributed by atoms with Crippen molar-refractivity contribution in [3.05, 3.63) is 51.2 Å². The highest BCUT2D eigenvalue weighted by Gasteiger charge is 2.20. The molecule has 3 rings (SSSR count). The van der Waals surface area contributed by atoms with Crippen LogP contribution < -0.4 is 16.0 Å². The van der Waals surface area contributed by atoms with Crippen molar-refractivity contribution < 1.29 is 9.84 Å². The van der Waals surface area contributed by atoms with E-state index in [1.165, 1.54) is 36.7 Å². The number of aliphatic hydroxyl groups excluding tert-OH is 1. The van der Waals surface area contributed by atoms with Crippen LogP contribution in [0.15, 0.2) is 45.1 Å². The number of aromatic nitrogens is 4. The number of fused-ring (bicyclic) bond motifs is 1. The Morgan fingerprint density at radius 2 is 1.79 bits per heavy atom. The van der Waals surface area contributed by atoms with Crippen LogP contribution >= 0.6 is 11.8 Å². The normalized spacial score (nSPS) is 12.3. The van der Waals surface area contributed by atoms with E-state index in [0.29, 0.717) is 16.6 Å². The van der Waals surface area contributed by atoms with Crippen LogP contribution in [0.4, 0.5) is 0 Å². The van der Waals surface area contributed by atoms with Crippen molar-refractivity contribution in [3.8, 4) is 5.75 Å². The van der Waals surface area contributed by atoms with Gasteiger partial charge in [-0.3, -0.25) is 14.3 Å². The topological polar surface area (TPSA) is 102 Å². The van der Waals surface area contributed by atoms with E-state index >= 15 is 0 Å². The van der Waals surface area contributed by atoms with Gasteiger partial charge in [-0.1, -0.05) is 75.4 Å². The van der Waals surface area contributed by atoms with Crippen LogP contribution in [0.2, 0.25) is 0 Å². The number of thioether (sulfide) groups is 1. The number of aliphatic hydroxyl groups is 1. The maximum absolute atomic E-state index is 12.6. The lowest BCUT2D eigenvalue weighted by molar-refractivity contribution is 0.0914. The van der Waals surface area contributed by atoms with Crippen molar-refractivity contribution in [2.45, 2.75) is 69.7 Å². The number of ether oxygens (including phenoxy) is 1. The van der Waals surface area contributed by atoms with Crippen molar-refractivity contribution in [3.63, 3.8) is 0 Å². The molecule has 180 valence electrons. The van der Waals surface area contributed by atoms with Crippen molar-refractivity contribution in [2.75, 3.05) is 12.4 Å². The molecule has 0 bridgehead atoms. The summed E-state index contributed by atoms with van der Waals surface area (Å²) >= 11 is 1.55. The lowest BCUT2D eigenvalue weighted by Gasteiger charge is -2.15. The summed E-state index contributed by atoms with van der Waals surface area (Å²) in [6.07, 6.45) is 7.68. The summed E-state index contributed by atoms with van der Waals surface area (Å²) in [6, 6.07) is 9.27. The second-order valence-corrected chi connectivity index (χ2v) is 9.31. The van der Waals surface area contributed by atoms with Crippen molar-refractivity contribution in [2.24, 2.45) is 7.05 Å². The Kier molecular flexibility index (Phi) is 9.62. The lowest BCUT2D eigenvalue weighted by atomic mass is 10.1. The average molecular weight is 475 g/mol. The molecule has 33 heavy (non-hydrogen) atoms. The van der Waals surface area contributed by atoms with Gasteiger partial charge < -0.3 is 14.4 Å². The van der Waals surface area contributed by atoms with Crippen LogP contribution in [0, 0.1) is 0 Å². The SMILES string of the molecule is CCCCCCCCCSc1nc2c(c(=O)[nH]c(=O)n2C)n1CC(O)COc1ccccc1. The third-order valence-electron chi connectivity index (χ3n) is 5.53. The van der Waals surface area contributed by atoms with Crippen LogP contribution in [0.25, 0.3) is 11.2 Å². The second-order valence-electron chi connectivity index (χ2n) is 8.24. The van der Waals surface area contributed by atoms with Crippen LogP contribution in [-0.2, 0) is 13.6 Å². The molecule has 0 radical (unpaired) electrons.